The molecular weight excluding hydrogens is 348 g/mol. The standard InChI is InChI=1S/C19H20N4O2S/c1-11-5-6-15(12(2)7-11)18-17(22-23-20-10-24)16-14(9-25-4)8-13(3)21-19(16)26-18/h5-8,10H,9H2,1-4H3,(H,20,22,24). The molecule has 1 amide bonds. The second-order valence-electron chi connectivity index (χ2n) is 6.08. The van der Waals surface area contributed by atoms with Crippen molar-refractivity contribution in [2.75, 3.05) is 7.11 Å². The summed E-state index contributed by atoms with van der Waals surface area (Å²) in [4.78, 5) is 17.1. The number of rotatable bonds is 6. The van der Waals surface area contributed by atoms with Crippen LogP contribution in [-0.4, -0.2) is 18.5 Å². The maximum atomic E-state index is 10.6. The summed E-state index contributed by atoms with van der Waals surface area (Å²) in [6.07, 6.45) is 0.493. The van der Waals surface area contributed by atoms with E-state index in [0.717, 1.165) is 37.5 Å². The monoisotopic (exact) mass is 368 g/mol. The molecule has 26 heavy (non-hydrogen) atoms. The van der Waals surface area contributed by atoms with Crippen molar-refractivity contribution in [3.63, 3.8) is 0 Å². The number of aromatic nitrogens is 1. The van der Waals surface area contributed by atoms with E-state index in [1.54, 1.807) is 18.4 Å². The van der Waals surface area contributed by atoms with Gasteiger partial charge in [0, 0.05) is 18.2 Å². The Labute approximate surface area is 155 Å². The summed E-state index contributed by atoms with van der Waals surface area (Å²) < 4.78 is 5.36. The Balaban J connectivity index is 2.32. The second-order valence-corrected chi connectivity index (χ2v) is 7.08. The van der Waals surface area contributed by atoms with Gasteiger partial charge in [0.1, 0.15) is 10.5 Å². The normalized spacial score (nSPS) is 11.4. The zero-order chi connectivity index (χ0) is 18.7. The van der Waals surface area contributed by atoms with Gasteiger partial charge in [-0.25, -0.2) is 10.4 Å². The molecule has 0 saturated carbocycles. The lowest BCUT2D eigenvalue weighted by molar-refractivity contribution is -0.109. The lowest BCUT2D eigenvalue weighted by atomic mass is 10.0. The largest absolute Gasteiger partial charge is 0.380 e. The number of hydrogen-bond donors (Lipinski definition) is 1. The smallest absolute Gasteiger partial charge is 0.228 e. The number of pyridine rings is 1. The summed E-state index contributed by atoms with van der Waals surface area (Å²) in [6, 6.07) is 8.30. The van der Waals surface area contributed by atoms with E-state index in [1.807, 2.05) is 13.0 Å². The molecule has 6 nitrogen and oxygen atoms in total. The van der Waals surface area contributed by atoms with Gasteiger partial charge in [0.2, 0.25) is 6.41 Å². The fourth-order valence-corrected chi connectivity index (χ4v) is 4.31. The van der Waals surface area contributed by atoms with Crippen LogP contribution in [0, 0.1) is 20.8 Å². The molecule has 0 aliphatic rings. The van der Waals surface area contributed by atoms with Crippen LogP contribution in [0.3, 0.4) is 0 Å². The van der Waals surface area contributed by atoms with Crippen molar-refractivity contribution in [3.8, 4) is 10.4 Å². The van der Waals surface area contributed by atoms with Gasteiger partial charge in [-0.2, -0.15) is 0 Å². The molecule has 0 fully saturated rings. The molecule has 2 aromatic heterocycles. The number of ether oxygens (including phenoxy) is 1. The first-order valence-electron chi connectivity index (χ1n) is 8.14. The third kappa shape index (κ3) is 3.49. The van der Waals surface area contributed by atoms with E-state index in [2.05, 4.69) is 52.8 Å². The number of benzene rings is 1. The molecule has 1 aromatic carbocycles. The van der Waals surface area contributed by atoms with Crippen molar-refractivity contribution in [1.29, 1.82) is 0 Å². The molecule has 0 atom stereocenters. The Morgan fingerprint density at radius 3 is 2.77 bits per heavy atom. The molecule has 134 valence electrons. The van der Waals surface area contributed by atoms with Crippen molar-refractivity contribution >= 4 is 33.7 Å². The molecule has 2 heterocycles. The SMILES string of the molecule is COCc1cc(C)nc2sc(-c3ccc(C)cc3C)c(N=NNC=O)c12. The van der Waals surface area contributed by atoms with E-state index in [9.17, 15) is 4.79 Å². The summed E-state index contributed by atoms with van der Waals surface area (Å²) in [7, 11) is 1.66. The van der Waals surface area contributed by atoms with E-state index in [-0.39, 0.29) is 0 Å². The Morgan fingerprint density at radius 1 is 1.27 bits per heavy atom. The quantitative estimate of drug-likeness (QED) is 0.386. The van der Waals surface area contributed by atoms with E-state index >= 15 is 0 Å². The minimum atomic E-state index is 0.451. The van der Waals surface area contributed by atoms with Crippen molar-refractivity contribution in [1.82, 2.24) is 10.4 Å². The van der Waals surface area contributed by atoms with Crippen molar-refractivity contribution in [2.45, 2.75) is 27.4 Å². The highest BCUT2D eigenvalue weighted by Gasteiger charge is 2.20. The molecule has 0 spiro atoms. The van der Waals surface area contributed by atoms with Crippen molar-refractivity contribution < 1.29 is 9.53 Å². The summed E-state index contributed by atoms with van der Waals surface area (Å²) in [6.45, 7) is 6.56. The minimum Gasteiger partial charge on any atom is -0.380 e. The van der Waals surface area contributed by atoms with Gasteiger partial charge in [-0.05, 0) is 43.5 Å². The highest BCUT2D eigenvalue weighted by atomic mass is 32.1. The number of amides is 1. The summed E-state index contributed by atoms with van der Waals surface area (Å²) in [5.74, 6) is 0. The highest BCUT2D eigenvalue weighted by Crippen LogP contribution is 2.46. The summed E-state index contributed by atoms with van der Waals surface area (Å²) in [5, 5.41) is 8.99. The van der Waals surface area contributed by atoms with Gasteiger partial charge in [0.15, 0.2) is 0 Å². The lowest BCUT2D eigenvalue weighted by Gasteiger charge is -2.07. The molecular formula is C19H20N4O2S. The van der Waals surface area contributed by atoms with Crippen LogP contribution < -0.4 is 5.43 Å². The van der Waals surface area contributed by atoms with Crippen LogP contribution in [0.5, 0.6) is 0 Å². The van der Waals surface area contributed by atoms with Crippen LogP contribution in [0.15, 0.2) is 34.6 Å². The molecule has 0 aliphatic heterocycles. The van der Waals surface area contributed by atoms with E-state index in [1.165, 1.54) is 5.56 Å². The minimum absolute atomic E-state index is 0.451. The number of hydrogen-bond acceptors (Lipinski definition) is 6. The summed E-state index contributed by atoms with van der Waals surface area (Å²) in [5.41, 5.74) is 8.31. The number of aryl methyl sites for hydroxylation is 3. The first kappa shape index (κ1) is 18.2. The number of thiophene rings is 1. The maximum absolute atomic E-state index is 10.6. The predicted molar refractivity (Wildman–Crippen MR) is 104 cm³/mol. The maximum Gasteiger partial charge on any atom is 0.228 e. The van der Waals surface area contributed by atoms with Gasteiger partial charge in [0.05, 0.1) is 11.5 Å². The van der Waals surface area contributed by atoms with Crippen LogP contribution in [0.2, 0.25) is 0 Å². The number of fused-ring (bicyclic) bond motifs is 1. The molecule has 0 saturated heterocycles. The van der Waals surface area contributed by atoms with Crippen LogP contribution >= 0.6 is 11.3 Å². The van der Waals surface area contributed by atoms with Crippen molar-refractivity contribution in [2.24, 2.45) is 10.3 Å². The van der Waals surface area contributed by atoms with Gasteiger partial charge in [-0.1, -0.05) is 29.0 Å². The topological polar surface area (TPSA) is 75.9 Å². The van der Waals surface area contributed by atoms with E-state index in [4.69, 9.17) is 4.74 Å². The first-order chi connectivity index (χ1) is 12.5. The zero-order valence-corrected chi connectivity index (χ0v) is 16.0. The third-order valence-corrected chi connectivity index (χ3v) is 5.14. The predicted octanol–water partition coefficient (Wildman–Crippen LogP) is 4.78. The highest BCUT2D eigenvalue weighted by molar-refractivity contribution is 7.22. The van der Waals surface area contributed by atoms with Gasteiger partial charge in [0.25, 0.3) is 0 Å². The number of nitrogens with zero attached hydrogens (tertiary/aromatic N) is 3. The zero-order valence-electron chi connectivity index (χ0n) is 15.2. The molecule has 0 unspecified atom stereocenters. The summed E-state index contributed by atoms with van der Waals surface area (Å²) >= 11 is 1.57. The fourth-order valence-electron chi connectivity index (χ4n) is 3.01. The van der Waals surface area contributed by atoms with Gasteiger partial charge in [-0.15, -0.1) is 16.5 Å². The Bertz CT molecular complexity index is 995. The molecule has 1 N–H and O–H groups in total. The first-order valence-corrected chi connectivity index (χ1v) is 8.96. The second kappa shape index (κ2) is 7.72. The molecule has 3 rings (SSSR count). The third-order valence-electron chi connectivity index (χ3n) is 4.03. The van der Waals surface area contributed by atoms with E-state index < -0.39 is 0 Å². The number of carbonyl (C=O) groups is 1. The molecule has 7 heteroatoms. The number of nitrogens with one attached hydrogen (secondary N) is 1. The average Bonchev–Trinajstić information content (AvgIpc) is 2.93. The number of methoxy groups -OCH3 is 1. The van der Waals surface area contributed by atoms with Crippen molar-refractivity contribution in [3.05, 3.63) is 46.6 Å². The lowest BCUT2D eigenvalue weighted by Crippen LogP contribution is -1.97. The van der Waals surface area contributed by atoms with Crippen LogP contribution in [0.25, 0.3) is 20.7 Å². The molecule has 3 aromatic rings. The molecule has 0 radical (unpaired) electrons. The Hall–Kier alpha value is -2.64. The average molecular weight is 368 g/mol. The van der Waals surface area contributed by atoms with Crippen LogP contribution in [0.4, 0.5) is 5.69 Å². The van der Waals surface area contributed by atoms with Gasteiger partial charge >= 0.3 is 0 Å². The van der Waals surface area contributed by atoms with Gasteiger partial charge < -0.3 is 4.74 Å². The Kier molecular flexibility index (Phi) is 5.39. The van der Waals surface area contributed by atoms with Crippen LogP contribution in [-0.2, 0) is 16.1 Å². The van der Waals surface area contributed by atoms with E-state index in [0.29, 0.717) is 18.7 Å². The molecule has 0 bridgehead atoms. The molecule has 0 aliphatic carbocycles. The van der Waals surface area contributed by atoms with Gasteiger partial charge in [-0.3, -0.25) is 4.79 Å². The fraction of sp³-hybridized carbons (Fsp3) is 0.263. The Morgan fingerprint density at radius 2 is 2.08 bits per heavy atom. The van der Waals surface area contributed by atoms with Crippen LogP contribution in [0.1, 0.15) is 22.4 Å². The number of carbonyl (C=O) groups excluding carboxylic acids is 1.